The number of amides is 2. The first-order valence-electron chi connectivity index (χ1n) is 13.2. The molecule has 1 fully saturated rings. The standard InChI is InChI=1S/C30H33Cl2N3O4S/c1-34(40(38,39)26-17-15-24(31)16-18-26)21-29(36)35(20-23-11-5-8-14-27(23)32)28(19-22-9-3-2-4-10-22)30(37)33-25-12-6-7-13-25/h2-5,8-11,14-18,25,28H,6-7,12-13,19-21H2,1H3,(H,33,37)/t28-/m1/s1. The smallest absolute Gasteiger partial charge is 0.243 e. The molecule has 0 unspecified atom stereocenters. The summed E-state index contributed by atoms with van der Waals surface area (Å²) in [6.07, 6.45) is 4.14. The average Bonchev–Trinajstić information content (AvgIpc) is 3.45. The van der Waals surface area contributed by atoms with Crippen LogP contribution < -0.4 is 5.32 Å². The lowest BCUT2D eigenvalue weighted by Gasteiger charge is -2.33. The molecule has 4 rings (SSSR count). The molecule has 10 heteroatoms. The van der Waals surface area contributed by atoms with E-state index in [-0.39, 0.29) is 29.8 Å². The summed E-state index contributed by atoms with van der Waals surface area (Å²) in [7, 11) is -2.64. The van der Waals surface area contributed by atoms with Crippen molar-refractivity contribution < 1.29 is 18.0 Å². The maximum Gasteiger partial charge on any atom is 0.243 e. The van der Waals surface area contributed by atoms with Crippen molar-refractivity contribution in [3.05, 3.63) is 100 Å². The van der Waals surface area contributed by atoms with Gasteiger partial charge in [-0.15, -0.1) is 0 Å². The number of hydrogen-bond donors (Lipinski definition) is 1. The van der Waals surface area contributed by atoms with E-state index in [1.165, 1.54) is 36.2 Å². The molecule has 3 aromatic carbocycles. The van der Waals surface area contributed by atoms with Crippen LogP contribution in [0.25, 0.3) is 0 Å². The van der Waals surface area contributed by atoms with Gasteiger partial charge in [0, 0.05) is 36.1 Å². The van der Waals surface area contributed by atoms with E-state index >= 15 is 0 Å². The Hall–Kier alpha value is -2.91. The maximum atomic E-state index is 14.0. The van der Waals surface area contributed by atoms with Crippen LogP contribution in [0.2, 0.25) is 10.0 Å². The molecule has 0 radical (unpaired) electrons. The van der Waals surface area contributed by atoms with Crippen LogP contribution >= 0.6 is 23.2 Å². The summed E-state index contributed by atoms with van der Waals surface area (Å²) in [5.41, 5.74) is 1.54. The SMILES string of the molecule is CN(CC(=O)N(Cc1ccccc1Cl)[C@H](Cc1ccccc1)C(=O)NC1CCCC1)S(=O)(=O)c1ccc(Cl)cc1. The van der Waals surface area contributed by atoms with Gasteiger partial charge in [-0.2, -0.15) is 4.31 Å². The van der Waals surface area contributed by atoms with Crippen molar-refractivity contribution in [1.82, 2.24) is 14.5 Å². The highest BCUT2D eigenvalue weighted by atomic mass is 35.5. The second kappa shape index (κ2) is 13.6. The van der Waals surface area contributed by atoms with Crippen LogP contribution in [0.3, 0.4) is 0 Å². The summed E-state index contributed by atoms with van der Waals surface area (Å²) in [5, 5.41) is 4.00. The second-order valence-corrected chi connectivity index (χ2v) is 12.9. The minimum absolute atomic E-state index is 0.0182. The highest BCUT2D eigenvalue weighted by Gasteiger charge is 2.34. The van der Waals surface area contributed by atoms with E-state index in [0.29, 0.717) is 15.6 Å². The van der Waals surface area contributed by atoms with E-state index < -0.39 is 28.5 Å². The van der Waals surface area contributed by atoms with Gasteiger partial charge in [-0.05, 0) is 54.3 Å². The number of halogens is 2. The van der Waals surface area contributed by atoms with Gasteiger partial charge in [-0.1, -0.05) is 84.6 Å². The predicted molar refractivity (Wildman–Crippen MR) is 158 cm³/mol. The number of benzene rings is 3. The monoisotopic (exact) mass is 601 g/mol. The first-order chi connectivity index (χ1) is 19.1. The van der Waals surface area contributed by atoms with Crippen molar-refractivity contribution >= 4 is 45.0 Å². The average molecular weight is 603 g/mol. The summed E-state index contributed by atoms with van der Waals surface area (Å²) in [5.74, 6) is -0.776. The number of carbonyl (C=O) groups is 2. The molecule has 7 nitrogen and oxygen atoms in total. The van der Waals surface area contributed by atoms with Gasteiger partial charge < -0.3 is 10.2 Å². The zero-order valence-electron chi connectivity index (χ0n) is 22.3. The molecule has 1 aliphatic carbocycles. The van der Waals surface area contributed by atoms with E-state index in [4.69, 9.17) is 23.2 Å². The van der Waals surface area contributed by atoms with Gasteiger partial charge in [0.15, 0.2) is 0 Å². The zero-order valence-corrected chi connectivity index (χ0v) is 24.6. The Kier molecular flexibility index (Phi) is 10.2. The molecule has 1 aliphatic rings. The number of carbonyl (C=O) groups excluding carboxylic acids is 2. The van der Waals surface area contributed by atoms with Gasteiger partial charge in [0.25, 0.3) is 0 Å². The Morgan fingerprint density at radius 2 is 1.55 bits per heavy atom. The number of rotatable bonds is 11. The summed E-state index contributed by atoms with van der Waals surface area (Å²) < 4.78 is 27.5. The Balaban J connectivity index is 1.66. The van der Waals surface area contributed by atoms with Crippen LogP contribution in [0.5, 0.6) is 0 Å². The molecule has 0 bridgehead atoms. The number of nitrogens with zero attached hydrogens (tertiary/aromatic N) is 2. The van der Waals surface area contributed by atoms with Crippen LogP contribution in [0, 0.1) is 0 Å². The third kappa shape index (κ3) is 7.63. The number of nitrogens with one attached hydrogen (secondary N) is 1. The molecule has 40 heavy (non-hydrogen) atoms. The first-order valence-corrected chi connectivity index (χ1v) is 15.4. The molecule has 1 N–H and O–H groups in total. The minimum Gasteiger partial charge on any atom is -0.352 e. The third-order valence-electron chi connectivity index (χ3n) is 7.15. The first kappa shape index (κ1) is 30.1. The summed E-state index contributed by atoms with van der Waals surface area (Å²) >= 11 is 12.4. The van der Waals surface area contributed by atoms with Crippen molar-refractivity contribution in [2.45, 2.75) is 55.6 Å². The van der Waals surface area contributed by atoms with E-state index in [0.717, 1.165) is 35.6 Å². The molecule has 3 aromatic rings. The quantitative estimate of drug-likeness (QED) is 0.322. The predicted octanol–water partition coefficient (Wildman–Crippen LogP) is 5.31. The van der Waals surface area contributed by atoms with Crippen LogP contribution in [0.15, 0.2) is 83.8 Å². The van der Waals surface area contributed by atoms with Crippen LogP contribution in [0.1, 0.15) is 36.8 Å². The molecule has 1 atom stereocenters. The van der Waals surface area contributed by atoms with Gasteiger partial charge >= 0.3 is 0 Å². The molecule has 2 amide bonds. The molecule has 0 aliphatic heterocycles. The molecule has 0 spiro atoms. The van der Waals surface area contributed by atoms with Gasteiger partial charge in [-0.25, -0.2) is 8.42 Å². The van der Waals surface area contributed by atoms with Crippen LogP contribution in [-0.4, -0.2) is 55.1 Å². The lowest BCUT2D eigenvalue weighted by Crippen LogP contribution is -2.54. The fourth-order valence-corrected chi connectivity index (χ4v) is 6.33. The number of sulfonamides is 1. The molecular weight excluding hydrogens is 569 g/mol. The Labute approximate surface area is 246 Å². The van der Waals surface area contributed by atoms with E-state index in [1.807, 2.05) is 36.4 Å². The molecular formula is C30H33Cl2N3O4S. The molecule has 0 saturated heterocycles. The normalized spacial score (nSPS) is 14.7. The molecule has 0 heterocycles. The van der Waals surface area contributed by atoms with Crippen molar-refractivity contribution in [2.24, 2.45) is 0 Å². The van der Waals surface area contributed by atoms with Crippen LogP contribution in [0.4, 0.5) is 0 Å². The van der Waals surface area contributed by atoms with Crippen molar-refractivity contribution in [3.63, 3.8) is 0 Å². The topological polar surface area (TPSA) is 86.8 Å². The number of likely N-dealkylation sites (N-methyl/N-ethyl adjacent to an activating group) is 1. The highest BCUT2D eigenvalue weighted by molar-refractivity contribution is 7.89. The van der Waals surface area contributed by atoms with Gasteiger partial charge in [0.2, 0.25) is 21.8 Å². The summed E-state index contributed by atoms with van der Waals surface area (Å²) in [6, 6.07) is 21.5. The minimum atomic E-state index is -3.99. The summed E-state index contributed by atoms with van der Waals surface area (Å²) in [4.78, 5) is 29.2. The lowest BCUT2D eigenvalue weighted by atomic mass is 10.0. The number of hydrogen-bond acceptors (Lipinski definition) is 4. The fraction of sp³-hybridized carbons (Fsp3) is 0.333. The van der Waals surface area contributed by atoms with E-state index in [9.17, 15) is 18.0 Å². The molecule has 212 valence electrons. The maximum absolute atomic E-state index is 14.0. The van der Waals surface area contributed by atoms with Gasteiger partial charge in [0.1, 0.15) is 6.04 Å². The second-order valence-electron chi connectivity index (χ2n) is 10.0. The molecule has 1 saturated carbocycles. The Bertz CT molecular complexity index is 1410. The molecule has 0 aromatic heterocycles. The zero-order chi connectivity index (χ0) is 28.7. The lowest BCUT2D eigenvalue weighted by molar-refractivity contribution is -0.141. The van der Waals surface area contributed by atoms with E-state index in [2.05, 4.69) is 5.32 Å². The fourth-order valence-electron chi connectivity index (χ4n) is 4.88. The van der Waals surface area contributed by atoms with Crippen LogP contribution in [-0.2, 0) is 32.6 Å². The largest absolute Gasteiger partial charge is 0.352 e. The third-order valence-corrected chi connectivity index (χ3v) is 9.59. The van der Waals surface area contributed by atoms with Crippen molar-refractivity contribution in [2.75, 3.05) is 13.6 Å². The van der Waals surface area contributed by atoms with Gasteiger partial charge in [0.05, 0.1) is 11.4 Å². The van der Waals surface area contributed by atoms with Crippen molar-refractivity contribution in [1.29, 1.82) is 0 Å². The highest BCUT2D eigenvalue weighted by Crippen LogP contribution is 2.23. The summed E-state index contributed by atoms with van der Waals surface area (Å²) in [6.45, 7) is -0.416. The van der Waals surface area contributed by atoms with Gasteiger partial charge in [-0.3, -0.25) is 9.59 Å². The Morgan fingerprint density at radius 3 is 2.20 bits per heavy atom. The van der Waals surface area contributed by atoms with E-state index in [1.54, 1.807) is 18.2 Å². The Morgan fingerprint density at radius 1 is 0.925 bits per heavy atom. The van der Waals surface area contributed by atoms with Crippen molar-refractivity contribution in [3.8, 4) is 0 Å².